The fourth-order valence-electron chi connectivity index (χ4n) is 3.22. The Morgan fingerprint density at radius 2 is 1.59 bits per heavy atom. The summed E-state index contributed by atoms with van der Waals surface area (Å²) in [5.41, 5.74) is -0.872. The van der Waals surface area contributed by atoms with Gasteiger partial charge in [0.05, 0.1) is 56.7 Å². The summed E-state index contributed by atoms with van der Waals surface area (Å²) in [7, 11) is -0.0675. The molecule has 0 radical (unpaired) electrons. The highest BCUT2D eigenvalue weighted by Crippen LogP contribution is 2.46. The number of phosphoric ester groups is 1. The molecule has 0 saturated carbocycles. The van der Waals surface area contributed by atoms with Crippen molar-refractivity contribution in [3.8, 4) is 5.75 Å². The van der Waals surface area contributed by atoms with Gasteiger partial charge in [-0.05, 0) is 18.9 Å². The summed E-state index contributed by atoms with van der Waals surface area (Å²) < 4.78 is 27.1. The minimum absolute atomic E-state index is 0.0428. The Labute approximate surface area is 214 Å². The van der Waals surface area contributed by atoms with Gasteiger partial charge in [-0.3, -0.25) is 34.1 Å². The molecule has 0 amide bonds. The van der Waals surface area contributed by atoms with Crippen LogP contribution in [0.2, 0.25) is 0 Å². The third-order valence-corrected chi connectivity index (χ3v) is 6.17. The molecule has 0 aliphatic rings. The monoisotopic (exact) mass is 551 g/mol. The molecule has 1 rings (SSSR count). The first-order chi connectivity index (χ1) is 17.1. The van der Waals surface area contributed by atoms with E-state index in [2.05, 4.69) is 0 Å². The topological polar surface area (TPSA) is 212 Å². The predicted molar refractivity (Wildman–Crippen MR) is 128 cm³/mol. The number of aliphatic carboxylic acids is 1. The number of rotatable bonds is 19. The highest BCUT2D eigenvalue weighted by atomic mass is 31.2. The Kier molecular flexibility index (Phi) is 13.0. The van der Waals surface area contributed by atoms with Gasteiger partial charge in [0.25, 0.3) is 5.69 Å². The molecule has 0 aliphatic heterocycles. The van der Waals surface area contributed by atoms with Crippen LogP contribution in [-0.4, -0.2) is 77.0 Å². The average Bonchev–Trinajstić information content (AvgIpc) is 2.78. The lowest BCUT2D eigenvalue weighted by atomic mass is 10.1. The fraction of sp³-hybridized carbons (Fsp3) is 0.667. The molecular formula is C21H34N3O12P. The molecule has 0 aliphatic carbocycles. The van der Waals surface area contributed by atoms with E-state index in [-0.39, 0.29) is 23.4 Å². The van der Waals surface area contributed by atoms with Crippen LogP contribution in [0.25, 0.3) is 0 Å². The van der Waals surface area contributed by atoms with E-state index in [1.54, 1.807) is 0 Å². The van der Waals surface area contributed by atoms with E-state index < -0.39 is 53.8 Å². The van der Waals surface area contributed by atoms with Crippen LogP contribution in [0.15, 0.2) is 18.2 Å². The second kappa shape index (κ2) is 14.9. The zero-order chi connectivity index (χ0) is 28.2. The Bertz CT molecular complexity index is 969. The lowest BCUT2D eigenvalue weighted by Gasteiger charge is -2.42. The number of hydrogen-bond donors (Lipinski definition) is 2. The molecule has 0 fully saturated rings. The van der Waals surface area contributed by atoms with Gasteiger partial charge in [-0.2, -0.15) is 0 Å². The number of carboxylic acid groups (broad SMARTS) is 1. The summed E-state index contributed by atoms with van der Waals surface area (Å²) in [5, 5.41) is 43.2. The van der Waals surface area contributed by atoms with Crippen molar-refractivity contribution in [2.24, 2.45) is 0 Å². The Morgan fingerprint density at radius 3 is 2.11 bits per heavy atom. The number of hydrogen-bond acceptors (Lipinski definition) is 10. The van der Waals surface area contributed by atoms with Gasteiger partial charge in [0, 0.05) is 12.3 Å². The minimum atomic E-state index is -4.62. The van der Waals surface area contributed by atoms with Crippen molar-refractivity contribution in [1.29, 1.82) is 0 Å². The van der Waals surface area contributed by atoms with Gasteiger partial charge in [0.15, 0.2) is 5.75 Å². The van der Waals surface area contributed by atoms with Crippen molar-refractivity contribution in [3.63, 3.8) is 0 Å². The van der Waals surface area contributed by atoms with E-state index in [1.165, 1.54) is 27.2 Å². The van der Waals surface area contributed by atoms with Crippen LogP contribution in [0, 0.1) is 20.2 Å². The van der Waals surface area contributed by atoms with Gasteiger partial charge in [-0.25, -0.2) is 4.57 Å². The van der Waals surface area contributed by atoms with Crippen molar-refractivity contribution < 1.29 is 52.6 Å². The lowest BCUT2D eigenvalue weighted by Crippen LogP contribution is -2.60. The van der Waals surface area contributed by atoms with Crippen molar-refractivity contribution in [3.05, 3.63) is 38.4 Å². The lowest BCUT2D eigenvalue weighted by molar-refractivity contribution is -0.973. The van der Waals surface area contributed by atoms with Gasteiger partial charge in [-0.15, -0.1) is 0 Å². The van der Waals surface area contributed by atoms with Crippen LogP contribution < -0.4 is 9.84 Å². The minimum Gasteiger partial charge on any atom is -0.804 e. The molecule has 0 bridgehead atoms. The molecule has 3 atom stereocenters. The first-order valence-electron chi connectivity index (χ1n) is 11.5. The molecule has 2 unspecified atom stereocenters. The van der Waals surface area contributed by atoms with E-state index in [0.717, 1.165) is 31.4 Å². The van der Waals surface area contributed by atoms with Crippen molar-refractivity contribution in [1.82, 2.24) is 0 Å². The quantitative estimate of drug-likeness (QED) is 0.0634. The summed E-state index contributed by atoms with van der Waals surface area (Å²) in [4.78, 5) is 41.3. The molecule has 15 nitrogen and oxygen atoms in total. The Hall–Kier alpha value is -2.68. The normalized spacial score (nSPS) is 14.9. The predicted octanol–water partition coefficient (Wildman–Crippen LogP) is 2.59. The number of carbonyl (C=O) groups is 1. The molecule has 2 N–H and O–H groups in total. The molecule has 1 aromatic rings. The first-order valence-corrected chi connectivity index (χ1v) is 13.0. The number of benzene rings is 1. The Morgan fingerprint density at radius 1 is 1.03 bits per heavy atom. The standard InChI is InChI=1S/C21H34N3O12P/c1-24(2,3)21(27)19(15-20(25)26)36-37(32,33)35-13-9-7-5-4-6-8-12-34-18-11-10-16(22(28)29)14-17(18)23(30)31/h10-11,14,19,21H,4-9,12-13,15H2,1-3H3,(H,25,26)(H,32,33)/t19-,21?/m1/s1. The molecule has 0 heterocycles. The van der Waals surface area contributed by atoms with Gasteiger partial charge in [0.2, 0.25) is 0 Å². The van der Waals surface area contributed by atoms with Gasteiger partial charge >= 0.3 is 19.5 Å². The zero-order valence-corrected chi connectivity index (χ0v) is 21.9. The van der Waals surface area contributed by atoms with E-state index in [9.17, 15) is 39.6 Å². The second-order valence-corrected chi connectivity index (χ2v) is 10.6. The van der Waals surface area contributed by atoms with E-state index in [0.29, 0.717) is 19.3 Å². The maximum absolute atomic E-state index is 12.4. The molecule has 0 spiro atoms. The number of likely N-dealkylation sites (N-methyl/N-ethyl adjacent to an activating group) is 1. The molecule has 1 aromatic carbocycles. The number of carboxylic acids is 1. The second-order valence-electron chi connectivity index (χ2n) is 9.19. The van der Waals surface area contributed by atoms with E-state index in [4.69, 9.17) is 18.9 Å². The van der Waals surface area contributed by atoms with E-state index in [1.807, 2.05) is 0 Å². The average molecular weight is 551 g/mol. The number of ether oxygens (including phenoxy) is 1. The third kappa shape index (κ3) is 12.4. The van der Waals surface area contributed by atoms with Crippen molar-refractivity contribution >= 4 is 25.2 Å². The van der Waals surface area contributed by atoms with Crippen LogP contribution in [0.3, 0.4) is 0 Å². The number of quaternary nitrogens is 1. The third-order valence-electron chi connectivity index (χ3n) is 5.13. The summed E-state index contributed by atoms with van der Waals surface area (Å²) in [6.45, 7) is 0.0761. The molecule has 16 heteroatoms. The van der Waals surface area contributed by atoms with Gasteiger partial charge in [-0.1, -0.05) is 25.7 Å². The zero-order valence-electron chi connectivity index (χ0n) is 21.0. The maximum atomic E-state index is 12.4. The van der Waals surface area contributed by atoms with Crippen molar-refractivity contribution in [2.75, 3.05) is 34.4 Å². The SMILES string of the molecule is C[N+](C)(C)C([O-])[C@@H](CC(=O)O)OP(=O)(O)OCCCCCCCCOc1ccc([N+](=O)[O-])cc1[N+](=O)[O-]. The molecule has 0 aromatic heterocycles. The summed E-state index contributed by atoms with van der Waals surface area (Å²) >= 11 is 0. The molecule has 37 heavy (non-hydrogen) atoms. The molecular weight excluding hydrogens is 517 g/mol. The van der Waals surface area contributed by atoms with Crippen LogP contribution >= 0.6 is 7.82 Å². The number of non-ortho nitro benzene ring substituents is 1. The van der Waals surface area contributed by atoms with Gasteiger partial charge < -0.3 is 24.3 Å². The van der Waals surface area contributed by atoms with E-state index >= 15 is 0 Å². The summed E-state index contributed by atoms with van der Waals surface area (Å²) in [5.74, 6) is -1.38. The van der Waals surface area contributed by atoms with Crippen LogP contribution in [0.1, 0.15) is 44.9 Å². The smallest absolute Gasteiger partial charge is 0.472 e. The fourth-order valence-corrected chi connectivity index (χ4v) is 4.16. The number of unbranched alkanes of at least 4 members (excludes halogenated alkanes) is 5. The largest absolute Gasteiger partial charge is 0.804 e. The maximum Gasteiger partial charge on any atom is 0.472 e. The number of nitro benzene ring substituents is 2. The first kappa shape index (κ1) is 32.3. The summed E-state index contributed by atoms with van der Waals surface area (Å²) in [6, 6.07) is 3.18. The highest BCUT2D eigenvalue weighted by Gasteiger charge is 2.34. The molecule has 0 saturated heterocycles. The van der Waals surface area contributed by atoms with Gasteiger partial charge in [0.1, 0.15) is 6.10 Å². The summed E-state index contributed by atoms with van der Waals surface area (Å²) in [6.07, 6.45) is 0.0888. The number of nitrogens with zero attached hydrogens (tertiary/aromatic N) is 3. The highest BCUT2D eigenvalue weighted by molar-refractivity contribution is 7.47. The van der Waals surface area contributed by atoms with Crippen LogP contribution in [-0.2, 0) is 18.4 Å². The van der Waals surface area contributed by atoms with Crippen molar-refractivity contribution in [2.45, 2.75) is 57.3 Å². The van der Waals surface area contributed by atoms with Crippen LogP contribution in [0.5, 0.6) is 5.75 Å². The number of phosphoric acid groups is 1. The Balaban J connectivity index is 2.30. The number of nitro groups is 2. The molecule has 210 valence electrons. The van der Waals surface area contributed by atoms with Crippen LogP contribution in [0.4, 0.5) is 11.4 Å².